The fraction of sp³-hybridized carbons (Fsp3) is 0.357. The molecule has 1 aliphatic heterocycles. The van der Waals surface area contributed by atoms with E-state index in [-0.39, 0.29) is 25.5 Å². The SMILES string of the molecule is COc1ccc(N2C(=O)SC(CC(=O)NCCO)C2=O)cc1. The van der Waals surface area contributed by atoms with Crippen molar-refractivity contribution in [2.75, 3.05) is 25.2 Å². The normalized spacial score (nSPS) is 17.7. The minimum absolute atomic E-state index is 0.0953. The summed E-state index contributed by atoms with van der Waals surface area (Å²) in [7, 11) is 1.53. The van der Waals surface area contributed by atoms with Crippen molar-refractivity contribution in [1.29, 1.82) is 0 Å². The zero-order valence-corrected chi connectivity index (χ0v) is 12.8. The van der Waals surface area contributed by atoms with Crippen LogP contribution in [0.1, 0.15) is 6.42 Å². The van der Waals surface area contributed by atoms with Crippen LogP contribution in [0.25, 0.3) is 0 Å². The molecule has 1 atom stereocenters. The first kappa shape index (κ1) is 16.3. The molecule has 1 aromatic carbocycles. The number of aliphatic hydroxyl groups excluding tert-OH is 1. The largest absolute Gasteiger partial charge is 0.497 e. The Morgan fingerprint density at radius 2 is 2.05 bits per heavy atom. The number of benzene rings is 1. The lowest BCUT2D eigenvalue weighted by Gasteiger charge is -2.14. The van der Waals surface area contributed by atoms with Crippen molar-refractivity contribution in [2.45, 2.75) is 11.7 Å². The third-order valence-electron chi connectivity index (χ3n) is 3.06. The Bertz CT molecular complexity index is 575. The fourth-order valence-corrected chi connectivity index (χ4v) is 2.97. The zero-order valence-electron chi connectivity index (χ0n) is 11.9. The second-order valence-corrected chi connectivity index (χ2v) is 5.68. The summed E-state index contributed by atoms with van der Waals surface area (Å²) in [5.74, 6) is -0.168. The highest BCUT2D eigenvalue weighted by molar-refractivity contribution is 8.15. The first-order chi connectivity index (χ1) is 10.6. The van der Waals surface area contributed by atoms with E-state index in [1.54, 1.807) is 24.3 Å². The van der Waals surface area contributed by atoms with Gasteiger partial charge in [0, 0.05) is 13.0 Å². The molecule has 1 aliphatic rings. The van der Waals surface area contributed by atoms with Crippen LogP contribution < -0.4 is 15.0 Å². The molecule has 0 bridgehead atoms. The molecule has 0 spiro atoms. The van der Waals surface area contributed by atoms with Crippen LogP contribution in [0.4, 0.5) is 10.5 Å². The van der Waals surface area contributed by atoms with Crippen molar-refractivity contribution in [1.82, 2.24) is 5.32 Å². The van der Waals surface area contributed by atoms with Gasteiger partial charge in [0.1, 0.15) is 11.0 Å². The molecule has 1 aromatic rings. The van der Waals surface area contributed by atoms with Crippen molar-refractivity contribution in [3.63, 3.8) is 0 Å². The number of thioether (sulfide) groups is 1. The predicted octanol–water partition coefficient (Wildman–Crippen LogP) is 0.762. The number of imide groups is 1. The minimum atomic E-state index is -0.742. The molecular formula is C14H16N2O5S. The summed E-state index contributed by atoms with van der Waals surface area (Å²) in [6, 6.07) is 6.54. The topological polar surface area (TPSA) is 95.9 Å². The van der Waals surface area contributed by atoms with Gasteiger partial charge in [0.05, 0.1) is 19.4 Å². The molecule has 0 aromatic heterocycles. The van der Waals surface area contributed by atoms with Crippen molar-refractivity contribution in [3.8, 4) is 5.75 Å². The third kappa shape index (κ3) is 3.58. The molecule has 0 aliphatic carbocycles. The number of anilines is 1. The molecular weight excluding hydrogens is 308 g/mol. The lowest BCUT2D eigenvalue weighted by Crippen LogP contribution is -2.35. The van der Waals surface area contributed by atoms with Crippen LogP contribution in [-0.2, 0) is 9.59 Å². The van der Waals surface area contributed by atoms with Crippen molar-refractivity contribution < 1.29 is 24.2 Å². The molecule has 2 rings (SSSR count). The average molecular weight is 324 g/mol. The number of hydrogen-bond acceptors (Lipinski definition) is 6. The standard InChI is InChI=1S/C14H16N2O5S/c1-21-10-4-2-9(3-5-10)16-13(19)11(22-14(16)20)8-12(18)15-6-7-17/h2-5,11,17H,6-8H2,1H3,(H,15,18). The van der Waals surface area contributed by atoms with E-state index in [2.05, 4.69) is 5.32 Å². The van der Waals surface area contributed by atoms with Crippen molar-refractivity contribution >= 4 is 34.5 Å². The highest BCUT2D eigenvalue weighted by Crippen LogP contribution is 2.33. The number of nitrogens with zero attached hydrogens (tertiary/aromatic N) is 1. The highest BCUT2D eigenvalue weighted by Gasteiger charge is 2.41. The number of ether oxygens (including phenoxy) is 1. The average Bonchev–Trinajstić information content (AvgIpc) is 2.79. The predicted molar refractivity (Wildman–Crippen MR) is 82.0 cm³/mol. The van der Waals surface area contributed by atoms with Crippen LogP contribution in [-0.4, -0.2) is 47.7 Å². The van der Waals surface area contributed by atoms with Gasteiger partial charge in [-0.1, -0.05) is 0 Å². The van der Waals surface area contributed by atoms with Crippen molar-refractivity contribution in [3.05, 3.63) is 24.3 Å². The van der Waals surface area contributed by atoms with Gasteiger partial charge in [-0.3, -0.25) is 14.4 Å². The lowest BCUT2D eigenvalue weighted by molar-refractivity contribution is -0.124. The summed E-state index contributed by atoms with van der Waals surface area (Å²) < 4.78 is 5.03. The van der Waals surface area contributed by atoms with E-state index in [1.165, 1.54) is 7.11 Å². The first-order valence-corrected chi connectivity index (χ1v) is 7.51. The number of aliphatic hydroxyl groups is 1. The maximum absolute atomic E-state index is 12.3. The molecule has 1 unspecified atom stereocenters. The van der Waals surface area contributed by atoms with E-state index in [4.69, 9.17) is 9.84 Å². The van der Waals surface area contributed by atoms with Crippen LogP contribution >= 0.6 is 11.8 Å². The van der Waals surface area contributed by atoms with Gasteiger partial charge < -0.3 is 15.2 Å². The molecule has 22 heavy (non-hydrogen) atoms. The van der Waals surface area contributed by atoms with E-state index < -0.39 is 16.4 Å². The molecule has 1 saturated heterocycles. The summed E-state index contributed by atoms with van der Waals surface area (Å²) >= 11 is 0.831. The number of rotatable bonds is 6. The summed E-state index contributed by atoms with van der Waals surface area (Å²) in [6.07, 6.45) is -0.0953. The van der Waals surface area contributed by atoms with Gasteiger partial charge in [-0.2, -0.15) is 0 Å². The highest BCUT2D eigenvalue weighted by atomic mass is 32.2. The monoisotopic (exact) mass is 324 g/mol. The van der Waals surface area contributed by atoms with Crippen LogP contribution in [0.15, 0.2) is 24.3 Å². The fourth-order valence-electron chi connectivity index (χ4n) is 1.99. The minimum Gasteiger partial charge on any atom is -0.497 e. The Kier molecular flexibility index (Phi) is 5.40. The summed E-state index contributed by atoms with van der Waals surface area (Å²) in [5, 5.41) is 9.96. The second-order valence-electron chi connectivity index (χ2n) is 4.52. The Morgan fingerprint density at radius 3 is 2.64 bits per heavy atom. The Morgan fingerprint density at radius 1 is 1.36 bits per heavy atom. The number of methoxy groups -OCH3 is 1. The van der Waals surface area contributed by atoms with E-state index in [0.29, 0.717) is 11.4 Å². The number of amides is 3. The van der Waals surface area contributed by atoms with Crippen molar-refractivity contribution in [2.24, 2.45) is 0 Å². The molecule has 1 fully saturated rings. The summed E-state index contributed by atoms with van der Waals surface area (Å²) in [5.41, 5.74) is 0.446. The maximum Gasteiger partial charge on any atom is 0.293 e. The van der Waals surface area contributed by atoms with Gasteiger partial charge >= 0.3 is 0 Å². The molecule has 2 N–H and O–H groups in total. The Hall–Kier alpha value is -2.06. The zero-order chi connectivity index (χ0) is 16.1. The van der Waals surface area contributed by atoms with Gasteiger partial charge in [-0.15, -0.1) is 0 Å². The first-order valence-electron chi connectivity index (χ1n) is 6.63. The van der Waals surface area contributed by atoms with Crippen LogP contribution in [0, 0.1) is 0 Å². The molecule has 0 saturated carbocycles. The third-order valence-corrected chi connectivity index (χ3v) is 4.09. The molecule has 3 amide bonds. The van der Waals surface area contributed by atoms with E-state index in [1.807, 2.05) is 0 Å². The molecule has 0 radical (unpaired) electrons. The van der Waals surface area contributed by atoms with E-state index in [0.717, 1.165) is 16.7 Å². The van der Waals surface area contributed by atoms with Gasteiger partial charge in [0.2, 0.25) is 11.8 Å². The number of carbonyl (C=O) groups excluding carboxylic acids is 3. The lowest BCUT2D eigenvalue weighted by atomic mass is 10.2. The summed E-state index contributed by atoms with van der Waals surface area (Å²) in [4.78, 5) is 37.0. The van der Waals surface area contributed by atoms with Crippen LogP contribution in [0.2, 0.25) is 0 Å². The maximum atomic E-state index is 12.3. The molecule has 1 heterocycles. The van der Waals surface area contributed by atoms with Crippen LogP contribution in [0.5, 0.6) is 5.75 Å². The Balaban J connectivity index is 2.06. The molecule has 7 nitrogen and oxygen atoms in total. The number of hydrogen-bond donors (Lipinski definition) is 2. The Labute approximate surface area is 131 Å². The van der Waals surface area contributed by atoms with Crippen LogP contribution in [0.3, 0.4) is 0 Å². The van der Waals surface area contributed by atoms with Gasteiger partial charge in [-0.25, -0.2) is 4.90 Å². The smallest absolute Gasteiger partial charge is 0.293 e. The number of carbonyl (C=O) groups is 3. The van der Waals surface area contributed by atoms with Gasteiger partial charge in [0.25, 0.3) is 5.24 Å². The second kappa shape index (κ2) is 7.28. The van der Waals surface area contributed by atoms with E-state index >= 15 is 0 Å². The summed E-state index contributed by atoms with van der Waals surface area (Å²) in [6.45, 7) is -0.0467. The molecule has 118 valence electrons. The van der Waals surface area contributed by atoms with E-state index in [9.17, 15) is 14.4 Å². The molecule has 8 heteroatoms. The van der Waals surface area contributed by atoms with Gasteiger partial charge in [0.15, 0.2) is 0 Å². The number of nitrogens with one attached hydrogen (secondary N) is 1. The van der Waals surface area contributed by atoms with Gasteiger partial charge in [-0.05, 0) is 36.0 Å². The quantitative estimate of drug-likeness (QED) is 0.802.